The second-order valence-corrected chi connectivity index (χ2v) is 5.20. The second kappa shape index (κ2) is 7.68. The van der Waals surface area contributed by atoms with Crippen molar-refractivity contribution in [1.82, 2.24) is 4.90 Å². The van der Waals surface area contributed by atoms with Gasteiger partial charge in [-0.3, -0.25) is 4.90 Å². The van der Waals surface area contributed by atoms with Crippen LogP contribution in [0.15, 0.2) is 18.2 Å². The van der Waals surface area contributed by atoms with Crippen LogP contribution in [-0.2, 0) is 4.74 Å². The van der Waals surface area contributed by atoms with E-state index in [1.807, 2.05) is 11.8 Å². The molecule has 1 unspecified atom stereocenters. The van der Waals surface area contributed by atoms with Crippen molar-refractivity contribution in [2.45, 2.75) is 13.0 Å². The Balaban J connectivity index is 1.92. The Labute approximate surface area is 123 Å². The van der Waals surface area contributed by atoms with Crippen molar-refractivity contribution >= 4 is 5.69 Å². The van der Waals surface area contributed by atoms with Crippen LogP contribution in [0.3, 0.4) is 0 Å². The third kappa shape index (κ3) is 4.62. The summed E-state index contributed by atoms with van der Waals surface area (Å²) >= 11 is 0. The highest BCUT2D eigenvalue weighted by atomic mass is 19.2. The number of hydrogen-bond acceptors (Lipinski definition) is 4. The summed E-state index contributed by atoms with van der Waals surface area (Å²) in [6.45, 7) is 6.49. The zero-order valence-electron chi connectivity index (χ0n) is 12.3. The molecule has 1 N–H and O–H groups in total. The Morgan fingerprint density at radius 2 is 2.00 bits per heavy atom. The molecule has 6 heteroatoms. The normalized spacial score (nSPS) is 17.7. The summed E-state index contributed by atoms with van der Waals surface area (Å²) in [5, 5.41) is 10.2. The standard InChI is InChI=1S/C15H22F2N2O2/c1-2-19(12-3-4-14(16)15(17)9-12)11-13(20)10-18-5-7-21-8-6-18/h3-4,9,13,20H,2,5-8,10-11H2,1H3. The van der Waals surface area contributed by atoms with Crippen LogP contribution >= 0.6 is 0 Å². The fourth-order valence-electron chi connectivity index (χ4n) is 2.49. The van der Waals surface area contributed by atoms with Gasteiger partial charge in [-0.1, -0.05) is 0 Å². The van der Waals surface area contributed by atoms with Gasteiger partial charge in [-0.2, -0.15) is 0 Å². The van der Waals surface area contributed by atoms with Crippen LogP contribution in [0, 0.1) is 11.6 Å². The van der Waals surface area contributed by atoms with Crippen LogP contribution in [0.2, 0.25) is 0 Å². The smallest absolute Gasteiger partial charge is 0.160 e. The van der Waals surface area contributed by atoms with Crippen LogP contribution in [0.5, 0.6) is 0 Å². The van der Waals surface area contributed by atoms with Gasteiger partial charge in [0.05, 0.1) is 19.3 Å². The average Bonchev–Trinajstić information content (AvgIpc) is 2.49. The summed E-state index contributed by atoms with van der Waals surface area (Å²) in [6, 6.07) is 3.81. The molecule has 0 spiro atoms. The molecule has 21 heavy (non-hydrogen) atoms. The molecule has 0 amide bonds. The zero-order valence-corrected chi connectivity index (χ0v) is 12.3. The first-order valence-corrected chi connectivity index (χ1v) is 7.28. The lowest BCUT2D eigenvalue weighted by Gasteiger charge is -2.31. The van der Waals surface area contributed by atoms with Gasteiger partial charge in [-0.25, -0.2) is 8.78 Å². The van der Waals surface area contributed by atoms with Crippen molar-refractivity contribution in [2.24, 2.45) is 0 Å². The van der Waals surface area contributed by atoms with Gasteiger partial charge in [0.25, 0.3) is 0 Å². The topological polar surface area (TPSA) is 35.9 Å². The highest BCUT2D eigenvalue weighted by molar-refractivity contribution is 5.46. The van der Waals surface area contributed by atoms with E-state index in [4.69, 9.17) is 4.74 Å². The first-order chi connectivity index (χ1) is 10.1. The molecule has 0 aromatic heterocycles. The summed E-state index contributed by atoms with van der Waals surface area (Å²) in [7, 11) is 0. The molecule has 1 heterocycles. The van der Waals surface area contributed by atoms with Crippen LogP contribution in [0.1, 0.15) is 6.92 Å². The molecule has 1 atom stereocenters. The summed E-state index contributed by atoms with van der Waals surface area (Å²) in [4.78, 5) is 3.99. The number of hydrogen-bond donors (Lipinski definition) is 1. The van der Waals surface area contributed by atoms with Crippen molar-refractivity contribution in [3.05, 3.63) is 29.8 Å². The van der Waals surface area contributed by atoms with Gasteiger partial charge in [-0.05, 0) is 19.1 Å². The molecule has 1 aliphatic rings. The van der Waals surface area contributed by atoms with Crippen molar-refractivity contribution < 1.29 is 18.6 Å². The number of aliphatic hydroxyl groups excluding tert-OH is 1. The minimum Gasteiger partial charge on any atom is -0.390 e. The Bertz CT molecular complexity index is 453. The number of halogens is 2. The average molecular weight is 300 g/mol. The number of anilines is 1. The number of rotatable bonds is 6. The molecule has 0 saturated carbocycles. The highest BCUT2D eigenvalue weighted by Gasteiger charge is 2.18. The van der Waals surface area contributed by atoms with Gasteiger partial charge in [0.15, 0.2) is 11.6 Å². The quantitative estimate of drug-likeness (QED) is 0.863. The molecular formula is C15H22F2N2O2. The van der Waals surface area contributed by atoms with Crippen molar-refractivity contribution in [2.75, 3.05) is 50.8 Å². The molecule has 0 aliphatic carbocycles. The number of aliphatic hydroxyl groups is 1. The van der Waals surface area contributed by atoms with E-state index < -0.39 is 17.7 Å². The number of benzene rings is 1. The predicted molar refractivity (Wildman–Crippen MR) is 77.5 cm³/mol. The Morgan fingerprint density at radius 1 is 1.29 bits per heavy atom. The van der Waals surface area contributed by atoms with Crippen LogP contribution in [-0.4, -0.2) is 62.0 Å². The molecule has 1 saturated heterocycles. The van der Waals surface area contributed by atoms with Gasteiger partial charge in [0.1, 0.15) is 0 Å². The lowest BCUT2D eigenvalue weighted by molar-refractivity contribution is 0.0161. The summed E-state index contributed by atoms with van der Waals surface area (Å²) < 4.78 is 31.5. The number of likely N-dealkylation sites (N-methyl/N-ethyl adjacent to an activating group) is 1. The van der Waals surface area contributed by atoms with Gasteiger partial charge in [0, 0.05) is 44.5 Å². The molecule has 1 aliphatic heterocycles. The Kier molecular flexibility index (Phi) is 5.90. The monoisotopic (exact) mass is 300 g/mol. The minimum atomic E-state index is -0.867. The SMILES string of the molecule is CCN(CC(O)CN1CCOCC1)c1ccc(F)c(F)c1. The second-order valence-electron chi connectivity index (χ2n) is 5.20. The van der Waals surface area contributed by atoms with E-state index in [-0.39, 0.29) is 0 Å². The van der Waals surface area contributed by atoms with Gasteiger partial charge < -0.3 is 14.7 Å². The third-order valence-corrected chi connectivity index (χ3v) is 3.65. The van der Waals surface area contributed by atoms with Crippen LogP contribution < -0.4 is 4.90 Å². The molecule has 0 radical (unpaired) electrons. The zero-order chi connectivity index (χ0) is 15.2. The third-order valence-electron chi connectivity index (χ3n) is 3.65. The van der Waals surface area contributed by atoms with E-state index in [2.05, 4.69) is 4.90 Å². The first kappa shape index (κ1) is 16.1. The van der Waals surface area contributed by atoms with Crippen molar-refractivity contribution in [3.8, 4) is 0 Å². The van der Waals surface area contributed by atoms with Crippen molar-refractivity contribution in [1.29, 1.82) is 0 Å². The van der Waals surface area contributed by atoms with E-state index in [0.717, 1.165) is 19.2 Å². The molecule has 0 bridgehead atoms. The van der Waals surface area contributed by atoms with E-state index >= 15 is 0 Å². The molecule has 1 aromatic carbocycles. The summed E-state index contributed by atoms with van der Waals surface area (Å²) in [5.74, 6) is -1.72. The fourth-order valence-corrected chi connectivity index (χ4v) is 2.49. The summed E-state index contributed by atoms with van der Waals surface area (Å²) in [6.07, 6.45) is -0.545. The lowest BCUT2D eigenvalue weighted by atomic mass is 10.2. The predicted octanol–water partition coefficient (Wildman–Crippen LogP) is 1.48. The largest absolute Gasteiger partial charge is 0.390 e. The number of morpholine rings is 1. The van der Waals surface area contributed by atoms with Gasteiger partial charge >= 0.3 is 0 Å². The Morgan fingerprint density at radius 3 is 2.62 bits per heavy atom. The number of ether oxygens (including phenoxy) is 1. The van der Waals surface area contributed by atoms with E-state index in [0.29, 0.717) is 38.5 Å². The van der Waals surface area contributed by atoms with E-state index in [1.165, 1.54) is 12.1 Å². The van der Waals surface area contributed by atoms with E-state index in [1.54, 1.807) is 0 Å². The molecule has 2 rings (SSSR count). The number of β-amino-alcohol motifs (C(OH)–C–C–N with tert-alkyl or cyclic N) is 1. The van der Waals surface area contributed by atoms with Crippen LogP contribution in [0.25, 0.3) is 0 Å². The minimum absolute atomic E-state index is 0.388. The van der Waals surface area contributed by atoms with Gasteiger partial charge in [-0.15, -0.1) is 0 Å². The van der Waals surface area contributed by atoms with Crippen LogP contribution in [0.4, 0.5) is 14.5 Å². The maximum Gasteiger partial charge on any atom is 0.160 e. The number of nitrogens with zero attached hydrogens (tertiary/aromatic N) is 2. The van der Waals surface area contributed by atoms with Gasteiger partial charge in [0.2, 0.25) is 0 Å². The summed E-state index contributed by atoms with van der Waals surface area (Å²) in [5.41, 5.74) is 0.581. The fraction of sp³-hybridized carbons (Fsp3) is 0.600. The van der Waals surface area contributed by atoms with E-state index in [9.17, 15) is 13.9 Å². The lowest BCUT2D eigenvalue weighted by Crippen LogP contribution is -2.44. The van der Waals surface area contributed by atoms with Crippen molar-refractivity contribution in [3.63, 3.8) is 0 Å². The molecule has 4 nitrogen and oxygen atoms in total. The maximum atomic E-state index is 13.3. The first-order valence-electron chi connectivity index (χ1n) is 7.28. The highest BCUT2D eigenvalue weighted by Crippen LogP contribution is 2.18. The molecular weight excluding hydrogens is 278 g/mol. The molecule has 118 valence electrons. The molecule has 1 fully saturated rings. The maximum absolute atomic E-state index is 13.3. The Hall–Kier alpha value is -1.24. The molecule has 1 aromatic rings.